The quantitative estimate of drug-likeness (QED) is 0.637. The summed E-state index contributed by atoms with van der Waals surface area (Å²) in [4.78, 5) is 12.4. The molecule has 1 heterocycles. The lowest BCUT2D eigenvalue weighted by molar-refractivity contribution is 0.0201. The molecule has 1 rings (SSSR count). The minimum Gasteiger partial charge on any atom is -0.446 e. The number of hydrogen-bond acceptors (Lipinski definition) is 2. The van der Waals surface area contributed by atoms with Gasteiger partial charge in [-0.25, -0.2) is 9.18 Å². The van der Waals surface area contributed by atoms with E-state index in [1.807, 2.05) is 13.8 Å². The molecule has 0 spiro atoms. The van der Waals surface area contributed by atoms with Gasteiger partial charge in [0.2, 0.25) is 0 Å². The molecule has 1 fully saturated rings. The zero-order valence-electron chi connectivity index (χ0n) is 7.42. The normalized spacial score (nSPS) is 20.1. The van der Waals surface area contributed by atoms with E-state index in [2.05, 4.69) is 0 Å². The summed E-state index contributed by atoms with van der Waals surface area (Å²) in [6.45, 7) is 4.14. The summed E-state index contributed by atoms with van der Waals surface area (Å²) in [6, 6.07) is 0. The molecule has 0 bridgehead atoms. The Morgan fingerprint density at radius 2 is 2.33 bits per heavy atom. The molecule has 1 amide bonds. The molecule has 1 saturated heterocycles. The average molecular weight is 175 g/mol. The van der Waals surface area contributed by atoms with E-state index >= 15 is 0 Å². The Kier molecular flexibility index (Phi) is 2.89. The summed E-state index contributed by atoms with van der Waals surface area (Å²) in [6.07, 6.45) is -0.526. The van der Waals surface area contributed by atoms with Crippen LogP contribution in [-0.4, -0.2) is 36.4 Å². The van der Waals surface area contributed by atoms with E-state index in [1.54, 1.807) is 0 Å². The van der Waals surface area contributed by atoms with Gasteiger partial charge in [-0.15, -0.1) is 0 Å². The van der Waals surface area contributed by atoms with E-state index in [0.717, 1.165) is 6.42 Å². The molecule has 1 aliphatic rings. The molecule has 12 heavy (non-hydrogen) atoms. The molecule has 0 aromatic heterocycles. The van der Waals surface area contributed by atoms with Crippen molar-refractivity contribution >= 4 is 6.09 Å². The number of carbonyl (C=O) groups is 1. The Bertz CT molecular complexity index is 168. The van der Waals surface area contributed by atoms with Gasteiger partial charge in [-0.3, -0.25) is 0 Å². The van der Waals surface area contributed by atoms with Crippen molar-refractivity contribution in [3.63, 3.8) is 0 Å². The van der Waals surface area contributed by atoms with Crippen molar-refractivity contribution in [1.82, 2.24) is 4.90 Å². The van der Waals surface area contributed by atoms with Crippen LogP contribution in [0.5, 0.6) is 0 Å². The predicted octanol–water partition coefficient (Wildman–Crippen LogP) is 1.58. The summed E-state index contributed by atoms with van der Waals surface area (Å²) >= 11 is 0. The number of hydrogen-bond donors (Lipinski definition) is 0. The van der Waals surface area contributed by atoms with Crippen LogP contribution in [-0.2, 0) is 4.74 Å². The van der Waals surface area contributed by atoms with Crippen LogP contribution in [0.1, 0.15) is 20.3 Å². The third-order valence-electron chi connectivity index (χ3n) is 1.97. The highest BCUT2D eigenvalue weighted by atomic mass is 19.1. The second-order valence-electron chi connectivity index (χ2n) is 3.10. The van der Waals surface area contributed by atoms with E-state index < -0.39 is 12.3 Å². The lowest BCUT2D eigenvalue weighted by Crippen LogP contribution is -2.52. The van der Waals surface area contributed by atoms with E-state index in [-0.39, 0.29) is 19.2 Å². The van der Waals surface area contributed by atoms with Crippen molar-refractivity contribution < 1.29 is 13.9 Å². The summed E-state index contributed by atoms with van der Waals surface area (Å²) < 4.78 is 17.3. The van der Waals surface area contributed by atoms with E-state index in [4.69, 9.17) is 4.74 Å². The maximum Gasteiger partial charge on any atom is 0.410 e. The topological polar surface area (TPSA) is 29.5 Å². The summed E-state index contributed by atoms with van der Waals surface area (Å²) in [5, 5.41) is 0. The summed E-state index contributed by atoms with van der Waals surface area (Å²) in [5.74, 6) is 0. The number of amides is 1. The maximum absolute atomic E-state index is 12.3. The number of ether oxygens (including phenoxy) is 1. The molecular formula is C8H14FNO2. The summed E-state index contributed by atoms with van der Waals surface area (Å²) in [5.41, 5.74) is 0. The Morgan fingerprint density at radius 3 is 2.75 bits per heavy atom. The second-order valence-corrected chi connectivity index (χ2v) is 3.10. The Hall–Kier alpha value is -0.800. The second kappa shape index (κ2) is 3.74. The van der Waals surface area contributed by atoms with Gasteiger partial charge in [-0.1, -0.05) is 6.92 Å². The van der Waals surface area contributed by atoms with Gasteiger partial charge in [-0.2, -0.15) is 0 Å². The highest BCUT2D eigenvalue weighted by Gasteiger charge is 2.31. The van der Waals surface area contributed by atoms with Crippen LogP contribution in [0.25, 0.3) is 0 Å². The SMILES string of the molecule is CCC(C)OC(=O)N1CC(F)C1. The molecule has 0 saturated carbocycles. The van der Waals surface area contributed by atoms with Crippen LogP contribution in [0.4, 0.5) is 9.18 Å². The van der Waals surface area contributed by atoms with Crippen molar-refractivity contribution in [3.05, 3.63) is 0 Å². The first kappa shape index (κ1) is 9.29. The first-order valence-electron chi connectivity index (χ1n) is 4.23. The minimum absolute atomic E-state index is 0.0730. The molecule has 0 radical (unpaired) electrons. The third kappa shape index (κ3) is 2.09. The minimum atomic E-state index is -0.852. The third-order valence-corrected chi connectivity index (χ3v) is 1.97. The molecule has 0 aliphatic carbocycles. The highest BCUT2D eigenvalue weighted by molar-refractivity contribution is 5.68. The van der Waals surface area contributed by atoms with Gasteiger partial charge in [0.15, 0.2) is 0 Å². The molecule has 0 aromatic rings. The largest absolute Gasteiger partial charge is 0.446 e. The number of alkyl halides is 1. The zero-order valence-corrected chi connectivity index (χ0v) is 7.42. The van der Waals surface area contributed by atoms with E-state index in [9.17, 15) is 9.18 Å². The fraction of sp³-hybridized carbons (Fsp3) is 0.875. The monoisotopic (exact) mass is 175 g/mol. The predicted molar refractivity (Wildman–Crippen MR) is 42.7 cm³/mol. The van der Waals surface area contributed by atoms with Gasteiger partial charge in [0.25, 0.3) is 0 Å². The fourth-order valence-electron chi connectivity index (χ4n) is 0.904. The van der Waals surface area contributed by atoms with Crippen LogP contribution in [0.2, 0.25) is 0 Å². The molecule has 1 aliphatic heterocycles. The molecule has 1 atom stereocenters. The molecule has 1 unspecified atom stereocenters. The van der Waals surface area contributed by atoms with Crippen LogP contribution < -0.4 is 0 Å². The number of carbonyl (C=O) groups excluding carboxylic acids is 1. The van der Waals surface area contributed by atoms with Gasteiger partial charge < -0.3 is 9.64 Å². The van der Waals surface area contributed by atoms with Gasteiger partial charge in [0.05, 0.1) is 13.1 Å². The molecule has 3 nitrogen and oxygen atoms in total. The van der Waals surface area contributed by atoms with Crippen molar-refractivity contribution in [2.75, 3.05) is 13.1 Å². The molecule has 4 heteroatoms. The molecule has 0 aromatic carbocycles. The zero-order chi connectivity index (χ0) is 9.14. The maximum atomic E-state index is 12.3. The van der Waals surface area contributed by atoms with Crippen LogP contribution in [0.3, 0.4) is 0 Å². The van der Waals surface area contributed by atoms with Crippen molar-refractivity contribution in [3.8, 4) is 0 Å². The van der Waals surface area contributed by atoms with E-state index in [1.165, 1.54) is 4.90 Å². The van der Waals surface area contributed by atoms with Crippen molar-refractivity contribution in [2.45, 2.75) is 32.5 Å². The average Bonchev–Trinajstić information content (AvgIpc) is 1.98. The molecule has 70 valence electrons. The standard InChI is InChI=1S/C8H14FNO2/c1-3-6(2)12-8(11)10-4-7(9)5-10/h6-7H,3-5H2,1-2H3. The molecule has 0 N–H and O–H groups in total. The lowest BCUT2D eigenvalue weighted by Gasteiger charge is -2.33. The fourth-order valence-corrected chi connectivity index (χ4v) is 0.904. The van der Waals surface area contributed by atoms with Gasteiger partial charge >= 0.3 is 6.09 Å². The lowest BCUT2D eigenvalue weighted by atomic mass is 10.2. The van der Waals surface area contributed by atoms with Crippen molar-refractivity contribution in [1.29, 1.82) is 0 Å². The van der Waals surface area contributed by atoms with Crippen LogP contribution >= 0.6 is 0 Å². The Balaban J connectivity index is 2.20. The smallest absolute Gasteiger partial charge is 0.410 e. The number of halogens is 1. The first-order valence-corrected chi connectivity index (χ1v) is 4.23. The Morgan fingerprint density at radius 1 is 1.75 bits per heavy atom. The van der Waals surface area contributed by atoms with Crippen molar-refractivity contribution in [2.24, 2.45) is 0 Å². The Labute approximate surface area is 71.5 Å². The number of likely N-dealkylation sites (tertiary alicyclic amines) is 1. The van der Waals surface area contributed by atoms with Gasteiger partial charge in [-0.05, 0) is 13.3 Å². The summed E-state index contributed by atoms with van der Waals surface area (Å²) in [7, 11) is 0. The van der Waals surface area contributed by atoms with Gasteiger partial charge in [0, 0.05) is 0 Å². The first-order chi connectivity index (χ1) is 5.63. The number of nitrogens with zero attached hydrogens (tertiary/aromatic N) is 1. The number of rotatable bonds is 2. The molecular weight excluding hydrogens is 161 g/mol. The van der Waals surface area contributed by atoms with Crippen LogP contribution in [0.15, 0.2) is 0 Å². The van der Waals surface area contributed by atoms with Gasteiger partial charge in [0.1, 0.15) is 12.3 Å². The highest BCUT2D eigenvalue weighted by Crippen LogP contribution is 2.13. The van der Waals surface area contributed by atoms with Crippen LogP contribution in [0, 0.1) is 0 Å². The van der Waals surface area contributed by atoms with E-state index in [0.29, 0.717) is 0 Å².